The smallest absolute Gasteiger partial charge is 0.226 e. The number of carbonyl (C=O) groups is 1. The fourth-order valence-electron chi connectivity index (χ4n) is 3.02. The summed E-state index contributed by atoms with van der Waals surface area (Å²) < 4.78 is 26.5. The molecule has 1 aliphatic rings. The van der Waals surface area contributed by atoms with Gasteiger partial charge in [-0.1, -0.05) is 6.07 Å². The van der Waals surface area contributed by atoms with Crippen molar-refractivity contribution in [3.05, 3.63) is 41.1 Å². The van der Waals surface area contributed by atoms with Crippen LogP contribution in [0.25, 0.3) is 0 Å². The van der Waals surface area contributed by atoms with Crippen LogP contribution in [-0.2, 0) is 34.5 Å². The Morgan fingerprint density at radius 2 is 2.00 bits per heavy atom. The van der Waals surface area contributed by atoms with E-state index in [1.54, 1.807) is 29.9 Å². The predicted molar refractivity (Wildman–Crippen MR) is 91.7 cm³/mol. The number of hydrogen-bond acceptors (Lipinski definition) is 4. The summed E-state index contributed by atoms with van der Waals surface area (Å²) in [6.45, 7) is 1.83. The minimum Gasteiger partial charge on any atom is -0.311 e. The number of rotatable bonds is 5. The highest BCUT2D eigenvalue weighted by Gasteiger charge is 2.20. The van der Waals surface area contributed by atoms with Crippen molar-refractivity contribution in [1.29, 1.82) is 0 Å². The average Bonchev–Trinajstić information content (AvgIpc) is 3.11. The van der Waals surface area contributed by atoms with Crippen molar-refractivity contribution in [2.24, 2.45) is 7.05 Å². The molecule has 24 heavy (non-hydrogen) atoms. The molecule has 0 unspecified atom stereocenters. The normalized spacial score (nSPS) is 13.8. The first-order chi connectivity index (χ1) is 11.3. The van der Waals surface area contributed by atoms with Crippen LogP contribution in [0.3, 0.4) is 0 Å². The highest BCUT2D eigenvalue weighted by atomic mass is 32.2. The fraction of sp³-hybridized carbons (Fsp3) is 0.412. The van der Waals surface area contributed by atoms with Crippen molar-refractivity contribution in [3.8, 4) is 0 Å². The molecule has 1 aromatic heterocycles. The van der Waals surface area contributed by atoms with Crippen LogP contribution in [0.4, 0.5) is 5.82 Å². The number of carbonyl (C=O) groups excluding carboxylic acids is 1. The first-order valence-corrected chi connectivity index (χ1v) is 9.65. The third-order valence-corrected chi connectivity index (χ3v) is 6.01. The highest BCUT2D eigenvalue weighted by Crippen LogP contribution is 2.25. The lowest BCUT2D eigenvalue weighted by Crippen LogP contribution is -2.19. The van der Waals surface area contributed by atoms with Crippen molar-refractivity contribution in [1.82, 2.24) is 9.78 Å². The van der Waals surface area contributed by atoms with E-state index in [0.717, 1.165) is 30.5 Å². The lowest BCUT2D eigenvalue weighted by molar-refractivity contribution is -0.115. The molecule has 0 saturated carbocycles. The van der Waals surface area contributed by atoms with Crippen molar-refractivity contribution in [2.75, 3.05) is 11.1 Å². The zero-order chi connectivity index (χ0) is 17.3. The average molecular weight is 347 g/mol. The maximum absolute atomic E-state index is 12.5. The second kappa shape index (κ2) is 6.39. The standard InChI is InChI=1S/C17H21N3O3S/c1-12-10-16(20(2)19-12)18-17(21)8-9-24(22,23)15-7-6-13-4-3-5-14(13)11-15/h6-7,10-11H,3-5,8-9H2,1-2H3,(H,18,21). The van der Waals surface area contributed by atoms with Gasteiger partial charge in [-0.05, 0) is 49.4 Å². The maximum Gasteiger partial charge on any atom is 0.226 e. The van der Waals surface area contributed by atoms with Crippen LogP contribution in [0.1, 0.15) is 29.7 Å². The zero-order valence-electron chi connectivity index (χ0n) is 13.9. The molecule has 2 aromatic rings. The van der Waals surface area contributed by atoms with Crippen LogP contribution < -0.4 is 5.32 Å². The minimum absolute atomic E-state index is 0.0797. The fourth-order valence-corrected chi connectivity index (χ4v) is 4.31. The topological polar surface area (TPSA) is 81.1 Å². The summed E-state index contributed by atoms with van der Waals surface area (Å²) in [5.41, 5.74) is 3.14. The van der Waals surface area contributed by atoms with Gasteiger partial charge in [-0.2, -0.15) is 5.10 Å². The molecule has 0 atom stereocenters. The third-order valence-electron chi connectivity index (χ3n) is 4.30. The zero-order valence-corrected chi connectivity index (χ0v) is 14.7. The number of anilines is 1. The van der Waals surface area contributed by atoms with Gasteiger partial charge in [0.1, 0.15) is 5.82 Å². The lowest BCUT2D eigenvalue weighted by Gasteiger charge is -2.08. The van der Waals surface area contributed by atoms with Crippen molar-refractivity contribution < 1.29 is 13.2 Å². The Hall–Kier alpha value is -2.15. The second-order valence-corrected chi connectivity index (χ2v) is 8.30. The van der Waals surface area contributed by atoms with Gasteiger partial charge in [-0.3, -0.25) is 9.48 Å². The molecule has 0 saturated heterocycles. The van der Waals surface area contributed by atoms with E-state index in [0.29, 0.717) is 10.7 Å². The molecule has 6 nitrogen and oxygen atoms in total. The summed E-state index contributed by atoms with van der Waals surface area (Å²) in [5.74, 6) is 0.0317. The molecule has 128 valence electrons. The summed E-state index contributed by atoms with van der Waals surface area (Å²) in [6, 6.07) is 7.06. The van der Waals surface area contributed by atoms with Crippen LogP contribution in [0.2, 0.25) is 0 Å². The molecule has 0 radical (unpaired) electrons. The SMILES string of the molecule is Cc1cc(NC(=O)CCS(=O)(=O)c2ccc3c(c2)CCC3)n(C)n1. The monoisotopic (exact) mass is 347 g/mol. The van der Waals surface area contributed by atoms with Crippen LogP contribution in [-0.4, -0.2) is 29.9 Å². The van der Waals surface area contributed by atoms with E-state index in [1.165, 1.54) is 5.56 Å². The number of amides is 1. The van der Waals surface area contributed by atoms with Gasteiger partial charge < -0.3 is 5.32 Å². The van der Waals surface area contributed by atoms with E-state index in [9.17, 15) is 13.2 Å². The van der Waals surface area contributed by atoms with Gasteiger partial charge in [0.2, 0.25) is 5.91 Å². The summed E-state index contributed by atoms with van der Waals surface area (Å²) in [4.78, 5) is 12.3. The van der Waals surface area contributed by atoms with Gasteiger partial charge in [0.05, 0.1) is 16.3 Å². The predicted octanol–water partition coefficient (Wildman–Crippen LogP) is 2.02. The van der Waals surface area contributed by atoms with E-state index in [1.807, 2.05) is 13.0 Å². The Morgan fingerprint density at radius 3 is 2.71 bits per heavy atom. The molecule has 0 bridgehead atoms. The van der Waals surface area contributed by atoms with Crippen molar-refractivity contribution in [2.45, 2.75) is 37.5 Å². The number of benzene rings is 1. The number of nitrogens with one attached hydrogen (secondary N) is 1. The molecular formula is C17H21N3O3S. The highest BCUT2D eigenvalue weighted by molar-refractivity contribution is 7.91. The molecule has 1 aromatic carbocycles. The molecule has 1 N–H and O–H groups in total. The molecular weight excluding hydrogens is 326 g/mol. The molecule has 0 fully saturated rings. The summed E-state index contributed by atoms with van der Waals surface area (Å²) in [6.07, 6.45) is 2.94. The number of fused-ring (bicyclic) bond motifs is 1. The first kappa shape index (κ1) is 16.7. The first-order valence-electron chi connectivity index (χ1n) is 8.00. The number of sulfone groups is 1. The largest absolute Gasteiger partial charge is 0.311 e. The quantitative estimate of drug-likeness (QED) is 0.897. The number of hydrogen-bond donors (Lipinski definition) is 1. The minimum atomic E-state index is -3.46. The van der Waals surface area contributed by atoms with Crippen LogP contribution in [0.5, 0.6) is 0 Å². The Labute approximate surface area is 141 Å². The van der Waals surface area contributed by atoms with Crippen LogP contribution >= 0.6 is 0 Å². The summed E-state index contributed by atoms with van der Waals surface area (Å²) in [5, 5.41) is 6.83. The van der Waals surface area contributed by atoms with E-state index >= 15 is 0 Å². The lowest BCUT2D eigenvalue weighted by atomic mass is 10.1. The Bertz CT molecular complexity index is 884. The molecule has 3 rings (SSSR count). The maximum atomic E-state index is 12.5. The Kier molecular flexibility index (Phi) is 4.45. The van der Waals surface area contributed by atoms with Crippen molar-refractivity contribution in [3.63, 3.8) is 0 Å². The number of aryl methyl sites for hydroxylation is 4. The van der Waals surface area contributed by atoms with E-state index in [-0.39, 0.29) is 18.1 Å². The van der Waals surface area contributed by atoms with Crippen molar-refractivity contribution >= 4 is 21.6 Å². The van der Waals surface area contributed by atoms with E-state index < -0.39 is 9.84 Å². The Morgan fingerprint density at radius 1 is 1.25 bits per heavy atom. The van der Waals surface area contributed by atoms with E-state index in [2.05, 4.69) is 10.4 Å². The summed E-state index contributed by atoms with van der Waals surface area (Å²) >= 11 is 0. The molecule has 1 amide bonds. The summed E-state index contributed by atoms with van der Waals surface area (Å²) in [7, 11) is -1.73. The Balaban J connectivity index is 1.64. The number of nitrogens with zero attached hydrogens (tertiary/aromatic N) is 2. The van der Waals surface area contributed by atoms with Gasteiger partial charge in [-0.25, -0.2) is 8.42 Å². The van der Waals surface area contributed by atoms with Gasteiger partial charge >= 0.3 is 0 Å². The molecule has 7 heteroatoms. The molecule has 1 heterocycles. The van der Waals surface area contributed by atoms with Gasteiger partial charge in [-0.15, -0.1) is 0 Å². The molecule has 0 spiro atoms. The van der Waals surface area contributed by atoms with Crippen LogP contribution in [0, 0.1) is 6.92 Å². The number of aromatic nitrogens is 2. The third kappa shape index (κ3) is 3.51. The van der Waals surface area contributed by atoms with Gasteiger partial charge in [0, 0.05) is 19.5 Å². The molecule has 0 aliphatic heterocycles. The van der Waals surface area contributed by atoms with Gasteiger partial charge in [0.15, 0.2) is 9.84 Å². The van der Waals surface area contributed by atoms with Gasteiger partial charge in [0.25, 0.3) is 0 Å². The molecule has 1 aliphatic carbocycles. The van der Waals surface area contributed by atoms with Crippen LogP contribution in [0.15, 0.2) is 29.2 Å². The second-order valence-electron chi connectivity index (χ2n) is 6.20. The van der Waals surface area contributed by atoms with E-state index in [4.69, 9.17) is 0 Å².